The molecule has 1 aromatic carbocycles. The summed E-state index contributed by atoms with van der Waals surface area (Å²) in [5.41, 5.74) is 5.23. The summed E-state index contributed by atoms with van der Waals surface area (Å²) in [6, 6.07) is 9.70. The molecule has 0 fully saturated rings. The van der Waals surface area contributed by atoms with Crippen molar-refractivity contribution in [2.24, 2.45) is 0 Å². The first kappa shape index (κ1) is 16.1. The Bertz CT molecular complexity index is 963. The average Bonchev–Trinajstić information content (AvgIpc) is 2.86. The van der Waals surface area contributed by atoms with Crippen LogP contribution in [0.1, 0.15) is 16.8 Å². The second kappa shape index (κ2) is 6.00. The van der Waals surface area contributed by atoms with Gasteiger partial charge in [-0.05, 0) is 19.4 Å². The van der Waals surface area contributed by atoms with E-state index in [9.17, 15) is 9.59 Å². The first-order valence-corrected chi connectivity index (χ1v) is 7.88. The monoisotopic (exact) mass is 323 g/mol. The summed E-state index contributed by atoms with van der Waals surface area (Å²) in [6.45, 7) is 3.82. The molecule has 0 aliphatic carbocycles. The van der Waals surface area contributed by atoms with E-state index >= 15 is 0 Å². The smallest absolute Gasteiger partial charge is 0.228 e. The van der Waals surface area contributed by atoms with Crippen LogP contribution < -0.4 is 5.43 Å². The lowest BCUT2D eigenvalue weighted by atomic mass is 10.1. The molecule has 0 aliphatic heterocycles. The number of pyridine rings is 1. The molecule has 0 saturated heterocycles. The van der Waals surface area contributed by atoms with Crippen LogP contribution in [0.25, 0.3) is 16.9 Å². The summed E-state index contributed by atoms with van der Waals surface area (Å²) in [4.78, 5) is 29.1. The third-order valence-electron chi connectivity index (χ3n) is 4.23. The van der Waals surface area contributed by atoms with E-state index in [0.29, 0.717) is 11.2 Å². The van der Waals surface area contributed by atoms with Gasteiger partial charge in [0.2, 0.25) is 5.91 Å². The van der Waals surface area contributed by atoms with Gasteiger partial charge in [0.05, 0.1) is 17.8 Å². The summed E-state index contributed by atoms with van der Waals surface area (Å²) in [5.74, 6) is 0.0145. The van der Waals surface area contributed by atoms with Crippen LogP contribution in [0.4, 0.5) is 0 Å². The highest BCUT2D eigenvalue weighted by Gasteiger charge is 2.17. The molecule has 0 aliphatic rings. The van der Waals surface area contributed by atoms with E-state index in [1.165, 1.54) is 5.56 Å². The van der Waals surface area contributed by atoms with Crippen LogP contribution in [0.3, 0.4) is 0 Å². The van der Waals surface area contributed by atoms with Crippen LogP contribution in [0, 0.1) is 13.8 Å². The lowest BCUT2D eigenvalue weighted by Gasteiger charge is -2.11. The van der Waals surface area contributed by atoms with E-state index in [0.717, 1.165) is 17.0 Å². The Hall–Kier alpha value is -2.82. The topological polar surface area (TPSA) is 57.6 Å². The van der Waals surface area contributed by atoms with Crippen molar-refractivity contribution in [3.05, 3.63) is 63.6 Å². The molecular formula is C19H21N3O2. The fourth-order valence-electron chi connectivity index (χ4n) is 2.71. The van der Waals surface area contributed by atoms with Crippen molar-refractivity contribution in [2.75, 3.05) is 14.1 Å². The van der Waals surface area contributed by atoms with Crippen LogP contribution in [-0.4, -0.2) is 34.3 Å². The average molecular weight is 323 g/mol. The Labute approximate surface area is 140 Å². The number of hydrogen-bond acceptors (Lipinski definition) is 2. The minimum atomic E-state index is -0.0165. The first-order chi connectivity index (χ1) is 11.4. The van der Waals surface area contributed by atoms with Crippen LogP contribution in [0.2, 0.25) is 0 Å². The highest BCUT2D eigenvalue weighted by atomic mass is 16.2. The second-order valence-electron chi connectivity index (χ2n) is 6.35. The van der Waals surface area contributed by atoms with Gasteiger partial charge in [0.15, 0.2) is 5.43 Å². The van der Waals surface area contributed by atoms with Crippen LogP contribution in [-0.2, 0) is 11.2 Å². The number of nitrogens with zero attached hydrogens (tertiary/aromatic N) is 2. The maximum absolute atomic E-state index is 12.3. The lowest BCUT2D eigenvalue weighted by Crippen LogP contribution is -2.24. The number of fused-ring (bicyclic) bond motifs is 1. The number of H-pyrrole nitrogens is 1. The molecule has 1 N–H and O–H groups in total. The quantitative estimate of drug-likeness (QED) is 0.805. The summed E-state index contributed by atoms with van der Waals surface area (Å²) in [6.07, 6.45) is 2.06. The third-order valence-corrected chi connectivity index (χ3v) is 4.23. The molecule has 3 rings (SSSR count). The number of likely N-dealkylation sites (N-methyl/N-ethyl adjacent to an activating group) is 1. The number of hydrogen-bond donors (Lipinski definition) is 1. The second-order valence-corrected chi connectivity index (χ2v) is 6.35. The van der Waals surface area contributed by atoms with E-state index in [2.05, 4.69) is 4.98 Å². The van der Waals surface area contributed by atoms with Gasteiger partial charge >= 0.3 is 0 Å². The SMILES string of the molecule is Cc1ccc(-c2[nH]c3cc(=O)c(C)cn3c2CC(=O)N(C)C)cc1. The van der Waals surface area contributed by atoms with Crippen molar-refractivity contribution in [3.8, 4) is 11.3 Å². The van der Waals surface area contributed by atoms with Crippen molar-refractivity contribution < 1.29 is 4.79 Å². The van der Waals surface area contributed by atoms with E-state index in [1.807, 2.05) is 35.6 Å². The Morgan fingerprint density at radius 3 is 2.46 bits per heavy atom. The summed E-state index contributed by atoms with van der Waals surface area (Å²) >= 11 is 0. The molecule has 0 unspecified atom stereocenters. The predicted octanol–water partition coefficient (Wildman–Crippen LogP) is 2.54. The highest BCUT2D eigenvalue weighted by Crippen LogP contribution is 2.25. The summed E-state index contributed by atoms with van der Waals surface area (Å²) in [7, 11) is 3.49. The molecule has 3 aromatic rings. The number of rotatable bonds is 3. The van der Waals surface area contributed by atoms with Crippen molar-refractivity contribution in [1.82, 2.24) is 14.3 Å². The van der Waals surface area contributed by atoms with Crippen molar-refractivity contribution >= 4 is 11.6 Å². The van der Waals surface area contributed by atoms with Crippen LogP contribution in [0.15, 0.2) is 41.3 Å². The number of carbonyl (C=O) groups is 1. The van der Waals surface area contributed by atoms with E-state index in [1.54, 1.807) is 38.2 Å². The maximum Gasteiger partial charge on any atom is 0.228 e. The number of benzene rings is 1. The molecule has 0 saturated carbocycles. The zero-order valence-electron chi connectivity index (χ0n) is 14.4. The number of aromatic nitrogens is 2. The highest BCUT2D eigenvalue weighted by molar-refractivity contribution is 5.81. The van der Waals surface area contributed by atoms with Gasteiger partial charge in [-0.3, -0.25) is 9.59 Å². The number of aromatic amines is 1. The predicted molar refractivity (Wildman–Crippen MR) is 95.3 cm³/mol. The fraction of sp³-hybridized carbons (Fsp3) is 0.263. The molecule has 5 heteroatoms. The van der Waals surface area contributed by atoms with Gasteiger partial charge in [-0.15, -0.1) is 0 Å². The molecule has 0 atom stereocenters. The molecule has 24 heavy (non-hydrogen) atoms. The van der Waals surface area contributed by atoms with Crippen molar-refractivity contribution in [3.63, 3.8) is 0 Å². The Balaban J connectivity index is 2.24. The standard InChI is InChI=1S/C19H21N3O2/c1-12-5-7-14(8-6-12)19-15(9-18(24)21(3)4)22-11-13(2)16(23)10-17(22)20-19/h5-8,10-11,20H,9H2,1-4H3. The molecule has 124 valence electrons. The Kier molecular flexibility index (Phi) is 4.01. The van der Waals surface area contributed by atoms with Gasteiger partial charge in [0.25, 0.3) is 0 Å². The molecule has 0 bridgehead atoms. The zero-order valence-corrected chi connectivity index (χ0v) is 14.4. The molecule has 0 spiro atoms. The first-order valence-electron chi connectivity index (χ1n) is 7.88. The summed E-state index contributed by atoms with van der Waals surface area (Å²) in [5, 5.41) is 0. The number of amides is 1. The molecular weight excluding hydrogens is 302 g/mol. The van der Waals surface area contributed by atoms with E-state index in [-0.39, 0.29) is 17.8 Å². The lowest BCUT2D eigenvalue weighted by molar-refractivity contribution is -0.128. The minimum absolute atomic E-state index is 0.0145. The normalized spacial score (nSPS) is 11.0. The van der Waals surface area contributed by atoms with E-state index < -0.39 is 0 Å². The van der Waals surface area contributed by atoms with Crippen LogP contribution >= 0.6 is 0 Å². The minimum Gasteiger partial charge on any atom is -0.348 e. The molecule has 5 nitrogen and oxygen atoms in total. The largest absolute Gasteiger partial charge is 0.348 e. The van der Waals surface area contributed by atoms with Gasteiger partial charge in [-0.1, -0.05) is 29.8 Å². The van der Waals surface area contributed by atoms with Crippen LogP contribution in [0.5, 0.6) is 0 Å². The summed E-state index contributed by atoms with van der Waals surface area (Å²) < 4.78 is 1.91. The van der Waals surface area contributed by atoms with Crippen molar-refractivity contribution in [2.45, 2.75) is 20.3 Å². The third kappa shape index (κ3) is 2.85. The van der Waals surface area contributed by atoms with E-state index in [4.69, 9.17) is 0 Å². The zero-order chi connectivity index (χ0) is 17.4. The number of carbonyl (C=O) groups excluding carboxylic acids is 1. The van der Waals surface area contributed by atoms with Gasteiger partial charge in [0.1, 0.15) is 5.65 Å². The van der Waals surface area contributed by atoms with Gasteiger partial charge in [-0.2, -0.15) is 0 Å². The Morgan fingerprint density at radius 2 is 1.83 bits per heavy atom. The number of imidazole rings is 1. The van der Waals surface area contributed by atoms with Gasteiger partial charge in [-0.25, -0.2) is 0 Å². The molecule has 2 aromatic heterocycles. The number of nitrogens with one attached hydrogen (secondary N) is 1. The van der Waals surface area contributed by atoms with Gasteiger partial charge < -0.3 is 14.3 Å². The molecule has 1 amide bonds. The maximum atomic E-state index is 12.3. The Morgan fingerprint density at radius 1 is 1.17 bits per heavy atom. The van der Waals surface area contributed by atoms with Crippen molar-refractivity contribution in [1.29, 1.82) is 0 Å². The van der Waals surface area contributed by atoms with Gasteiger partial charge in [0, 0.05) is 31.9 Å². The molecule has 2 heterocycles. The fourth-order valence-corrected chi connectivity index (χ4v) is 2.71. The molecule has 0 radical (unpaired) electrons. The number of aryl methyl sites for hydroxylation is 2.